The predicted molar refractivity (Wildman–Crippen MR) is 94.1 cm³/mol. The highest BCUT2D eigenvalue weighted by Gasteiger charge is 2.10. The van der Waals surface area contributed by atoms with Crippen LogP contribution in [-0.2, 0) is 13.0 Å². The number of hydrogen-bond acceptors (Lipinski definition) is 3. The molecule has 0 saturated carbocycles. The van der Waals surface area contributed by atoms with Crippen molar-refractivity contribution in [1.29, 1.82) is 0 Å². The second-order valence-electron chi connectivity index (χ2n) is 5.11. The Morgan fingerprint density at radius 3 is 2.59 bits per heavy atom. The van der Waals surface area contributed by atoms with E-state index >= 15 is 0 Å². The van der Waals surface area contributed by atoms with Gasteiger partial charge in [0.05, 0.1) is 0 Å². The number of aromatic nitrogens is 2. The summed E-state index contributed by atoms with van der Waals surface area (Å²) >= 11 is 7.52. The Hall–Kier alpha value is -1.26. The zero-order valence-electron chi connectivity index (χ0n) is 13.0. The molecule has 1 aromatic carbocycles. The first-order valence-corrected chi connectivity index (χ1v) is 8.98. The third kappa shape index (κ3) is 4.37. The minimum atomic E-state index is 0.0781. The molecule has 0 bridgehead atoms. The quantitative estimate of drug-likeness (QED) is 0.555. The molecule has 0 atom stereocenters. The molecule has 0 fully saturated rings. The molecule has 1 heterocycles. The number of thioether (sulfide) groups is 1. The van der Waals surface area contributed by atoms with Crippen molar-refractivity contribution >= 4 is 23.4 Å². The van der Waals surface area contributed by atoms with Gasteiger partial charge in [0.15, 0.2) is 5.16 Å². The maximum absolute atomic E-state index is 12.7. The van der Waals surface area contributed by atoms with E-state index in [1.165, 1.54) is 0 Å². The highest BCUT2D eigenvalue weighted by Crippen LogP contribution is 2.16. The van der Waals surface area contributed by atoms with Gasteiger partial charge >= 0.3 is 0 Å². The van der Waals surface area contributed by atoms with Crippen molar-refractivity contribution in [2.75, 3.05) is 5.75 Å². The molecule has 0 aliphatic heterocycles. The normalized spacial score (nSPS) is 10.9. The van der Waals surface area contributed by atoms with Gasteiger partial charge in [0.25, 0.3) is 5.56 Å². The number of unbranched alkanes of at least 4 members (excludes halogenated alkanes) is 1. The predicted octanol–water partition coefficient (Wildman–Crippen LogP) is 4.40. The van der Waals surface area contributed by atoms with Crippen molar-refractivity contribution in [2.24, 2.45) is 0 Å². The number of nitrogens with zero attached hydrogens (tertiary/aromatic N) is 2. The first-order chi connectivity index (χ1) is 10.7. The molecule has 0 saturated heterocycles. The second kappa shape index (κ2) is 8.39. The summed E-state index contributed by atoms with van der Waals surface area (Å²) in [5.41, 5.74) is 1.88. The van der Waals surface area contributed by atoms with Crippen LogP contribution in [0, 0.1) is 0 Å². The van der Waals surface area contributed by atoms with Gasteiger partial charge in [0.1, 0.15) is 0 Å². The summed E-state index contributed by atoms with van der Waals surface area (Å²) in [5.74, 6) is 0.912. The van der Waals surface area contributed by atoms with Gasteiger partial charge in [0, 0.05) is 29.7 Å². The van der Waals surface area contributed by atoms with Gasteiger partial charge in [-0.1, -0.05) is 55.8 Å². The summed E-state index contributed by atoms with van der Waals surface area (Å²) in [7, 11) is 0. The monoisotopic (exact) mass is 336 g/mol. The minimum absolute atomic E-state index is 0.0781. The third-order valence-corrected chi connectivity index (χ3v) is 4.52. The summed E-state index contributed by atoms with van der Waals surface area (Å²) in [6, 6.07) is 7.60. The summed E-state index contributed by atoms with van der Waals surface area (Å²) in [6.45, 7) is 4.93. The molecular weight excluding hydrogens is 316 g/mol. The molecular formula is C17H21ClN2OS. The maximum atomic E-state index is 12.7. The molecule has 0 unspecified atom stereocenters. The van der Waals surface area contributed by atoms with Crippen LogP contribution in [0.3, 0.4) is 0 Å². The number of hydrogen-bond donors (Lipinski definition) is 0. The van der Waals surface area contributed by atoms with Gasteiger partial charge in [-0.2, -0.15) is 0 Å². The van der Waals surface area contributed by atoms with E-state index in [0.29, 0.717) is 11.4 Å². The van der Waals surface area contributed by atoms with E-state index in [4.69, 9.17) is 11.6 Å². The van der Waals surface area contributed by atoms with E-state index in [1.54, 1.807) is 18.0 Å². The standard InChI is InChI=1S/C17H21ClN2OS/c1-3-5-10-20-16(21)14(12-19-17(20)22-4-2)11-13-6-8-15(18)9-7-13/h6-9,12H,3-5,10-11H2,1-2H3. The minimum Gasteiger partial charge on any atom is -0.287 e. The molecule has 0 spiro atoms. The lowest BCUT2D eigenvalue weighted by Gasteiger charge is -2.12. The lowest BCUT2D eigenvalue weighted by atomic mass is 10.1. The van der Waals surface area contributed by atoms with Crippen molar-refractivity contribution in [2.45, 2.75) is 44.8 Å². The number of halogens is 1. The van der Waals surface area contributed by atoms with E-state index in [0.717, 1.165) is 41.4 Å². The van der Waals surface area contributed by atoms with Gasteiger partial charge in [-0.25, -0.2) is 4.98 Å². The number of rotatable bonds is 7. The van der Waals surface area contributed by atoms with Gasteiger partial charge in [-0.3, -0.25) is 9.36 Å². The van der Waals surface area contributed by atoms with Crippen LogP contribution in [0.25, 0.3) is 0 Å². The molecule has 22 heavy (non-hydrogen) atoms. The van der Waals surface area contributed by atoms with Crippen LogP contribution in [0.4, 0.5) is 0 Å². The molecule has 5 heteroatoms. The van der Waals surface area contributed by atoms with Crippen molar-refractivity contribution in [3.63, 3.8) is 0 Å². The Balaban J connectivity index is 2.31. The summed E-state index contributed by atoms with van der Waals surface area (Å²) in [6.07, 6.45) is 4.36. The molecule has 0 amide bonds. The SMILES string of the molecule is CCCCn1c(SCC)ncc(Cc2ccc(Cl)cc2)c1=O. The van der Waals surface area contributed by atoms with Crippen molar-refractivity contribution in [3.8, 4) is 0 Å². The highest BCUT2D eigenvalue weighted by molar-refractivity contribution is 7.99. The van der Waals surface area contributed by atoms with Crippen LogP contribution >= 0.6 is 23.4 Å². The van der Waals surface area contributed by atoms with Gasteiger partial charge < -0.3 is 0 Å². The fourth-order valence-corrected chi connectivity index (χ4v) is 3.06. The fourth-order valence-electron chi connectivity index (χ4n) is 2.22. The average Bonchev–Trinajstić information content (AvgIpc) is 2.52. The van der Waals surface area contributed by atoms with E-state index in [-0.39, 0.29) is 5.56 Å². The molecule has 1 aromatic heterocycles. The lowest BCUT2D eigenvalue weighted by molar-refractivity contribution is 0.545. The van der Waals surface area contributed by atoms with Crippen LogP contribution in [0.15, 0.2) is 40.4 Å². The van der Waals surface area contributed by atoms with Crippen LogP contribution in [0.5, 0.6) is 0 Å². The summed E-state index contributed by atoms with van der Waals surface area (Å²) in [4.78, 5) is 17.2. The fraction of sp³-hybridized carbons (Fsp3) is 0.412. The summed E-state index contributed by atoms with van der Waals surface area (Å²) < 4.78 is 1.82. The smallest absolute Gasteiger partial charge is 0.257 e. The Kier molecular flexibility index (Phi) is 6.52. The second-order valence-corrected chi connectivity index (χ2v) is 6.78. The molecule has 3 nitrogen and oxygen atoms in total. The van der Waals surface area contributed by atoms with Gasteiger partial charge in [0.2, 0.25) is 0 Å². The Bertz CT molecular complexity index is 667. The largest absolute Gasteiger partial charge is 0.287 e. The number of benzene rings is 1. The Morgan fingerprint density at radius 1 is 1.23 bits per heavy atom. The molecule has 0 aliphatic carbocycles. The maximum Gasteiger partial charge on any atom is 0.257 e. The van der Waals surface area contributed by atoms with E-state index < -0.39 is 0 Å². The van der Waals surface area contributed by atoms with Crippen LogP contribution in [0.2, 0.25) is 5.02 Å². The van der Waals surface area contributed by atoms with Crippen LogP contribution < -0.4 is 5.56 Å². The zero-order chi connectivity index (χ0) is 15.9. The van der Waals surface area contributed by atoms with Gasteiger partial charge in [-0.15, -0.1) is 0 Å². The third-order valence-electron chi connectivity index (χ3n) is 3.40. The molecule has 0 radical (unpaired) electrons. The zero-order valence-corrected chi connectivity index (χ0v) is 14.6. The van der Waals surface area contributed by atoms with Crippen molar-refractivity contribution < 1.29 is 0 Å². The van der Waals surface area contributed by atoms with Crippen LogP contribution in [-0.4, -0.2) is 15.3 Å². The average molecular weight is 337 g/mol. The van der Waals surface area contributed by atoms with E-state index in [2.05, 4.69) is 18.8 Å². The molecule has 0 aliphatic rings. The Labute approximate surface area is 140 Å². The van der Waals surface area contributed by atoms with Gasteiger partial charge in [-0.05, 0) is 29.9 Å². The molecule has 118 valence electrons. The molecule has 0 N–H and O–H groups in total. The first-order valence-electron chi connectivity index (χ1n) is 7.61. The molecule has 2 rings (SSSR count). The van der Waals surface area contributed by atoms with Crippen LogP contribution in [0.1, 0.15) is 37.8 Å². The Morgan fingerprint density at radius 2 is 1.95 bits per heavy atom. The lowest BCUT2D eigenvalue weighted by Crippen LogP contribution is -2.26. The van der Waals surface area contributed by atoms with E-state index in [9.17, 15) is 4.79 Å². The topological polar surface area (TPSA) is 34.9 Å². The molecule has 2 aromatic rings. The van der Waals surface area contributed by atoms with Crippen molar-refractivity contribution in [3.05, 3.63) is 57.0 Å². The summed E-state index contributed by atoms with van der Waals surface area (Å²) in [5, 5.41) is 1.53. The first kappa shape index (κ1) is 17.1. The highest BCUT2D eigenvalue weighted by atomic mass is 35.5. The van der Waals surface area contributed by atoms with E-state index in [1.807, 2.05) is 28.8 Å². The van der Waals surface area contributed by atoms with Crippen molar-refractivity contribution in [1.82, 2.24) is 9.55 Å².